The van der Waals surface area contributed by atoms with E-state index in [0.717, 1.165) is 38.0 Å². The summed E-state index contributed by atoms with van der Waals surface area (Å²) in [7, 11) is 1.76. The number of piperazine rings is 1. The van der Waals surface area contributed by atoms with Crippen LogP contribution in [0.2, 0.25) is 0 Å². The van der Waals surface area contributed by atoms with E-state index in [1.165, 1.54) is 4.88 Å². The lowest BCUT2D eigenvalue weighted by atomic mass is 10.1. The van der Waals surface area contributed by atoms with Gasteiger partial charge < -0.3 is 20.4 Å². The number of guanidine groups is 1. The van der Waals surface area contributed by atoms with Gasteiger partial charge in [0.15, 0.2) is 5.96 Å². The van der Waals surface area contributed by atoms with E-state index >= 15 is 0 Å². The van der Waals surface area contributed by atoms with Crippen molar-refractivity contribution < 1.29 is 4.79 Å². The minimum absolute atomic E-state index is 0.164. The molecule has 1 fully saturated rings. The molecule has 1 amide bonds. The molecular formula is C21H31N7OS. The minimum Gasteiger partial charge on any atom is -0.356 e. The SMILES string of the molecule is CN=C(NCCC(=O)N1CCN(c2ncccn2)CC1)NCC(C)Cc1cccs1. The summed E-state index contributed by atoms with van der Waals surface area (Å²) in [4.78, 5) is 30.8. The average molecular weight is 430 g/mol. The number of aliphatic imine (C=N–C) groups is 1. The molecule has 1 unspecified atom stereocenters. The summed E-state index contributed by atoms with van der Waals surface area (Å²) in [6.07, 6.45) is 5.00. The first-order valence-corrected chi connectivity index (χ1v) is 11.3. The number of hydrogen-bond acceptors (Lipinski definition) is 6. The van der Waals surface area contributed by atoms with Crippen molar-refractivity contribution in [1.82, 2.24) is 25.5 Å². The molecule has 2 aromatic rings. The first kappa shape index (κ1) is 22.0. The lowest BCUT2D eigenvalue weighted by Crippen LogP contribution is -2.50. The molecule has 0 saturated carbocycles. The average Bonchev–Trinajstić information content (AvgIpc) is 3.29. The number of thiophene rings is 1. The van der Waals surface area contributed by atoms with Crippen molar-refractivity contribution in [3.8, 4) is 0 Å². The first-order valence-electron chi connectivity index (χ1n) is 10.4. The molecule has 1 saturated heterocycles. The lowest BCUT2D eigenvalue weighted by molar-refractivity contribution is -0.131. The van der Waals surface area contributed by atoms with E-state index in [1.807, 2.05) is 11.0 Å². The van der Waals surface area contributed by atoms with Crippen LogP contribution in [0, 0.1) is 5.92 Å². The topological polar surface area (TPSA) is 85.8 Å². The number of rotatable bonds is 8. The highest BCUT2D eigenvalue weighted by molar-refractivity contribution is 7.09. The second kappa shape index (κ2) is 11.5. The van der Waals surface area contributed by atoms with Gasteiger partial charge >= 0.3 is 0 Å². The molecule has 2 aromatic heterocycles. The molecule has 8 nitrogen and oxygen atoms in total. The smallest absolute Gasteiger partial charge is 0.225 e. The highest BCUT2D eigenvalue weighted by Crippen LogP contribution is 2.14. The molecule has 9 heteroatoms. The molecule has 0 spiro atoms. The molecule has 2 N–H and O–H groups in total. The Kier molecular flexibility index (Phi) is 8.43. The van der Waals surface area contributed by atoms with Crippen LogP contribution in [0.1, 0.15) is 18.2 Å². The molecule has 0 aliphatic carbocycles. The molecule has 1 aliphatic rings. The van der Waals surface area contributed by atoms with Crippen molar-refractivity contribution in [2.75, 3.05) is 51.2 Å². The summed E-state index contributed by atoms with van der Waals surface area (Å²) in [5, 5.41) is 8.72. The maximum Gasteiger partial charge on any atom is 0.225 e. The van der Waals surface area contributed by atoms with E-state index in [-0.39, 0.29) is 5.91 Å². The molecule has 1 aliphatic heterocycles. The van der Waals surface area contributed by atoms with Gasteiger partial charge in [-0.25, -0.2) is 9.97 Å². The Morgan fingerprint density at radius 1 is 1.20 bits per heavy atom. The number of nitrogens with one attached hydrogen (secondary N) is 2. The van der Waals surface area contributed by atoms with Gasteiger partial charge in [0.2, 0.25) is 11.9 Å². The summed E-state index contributed by atoms with van der Waals surface area (Å²) in [5.74, 6) is 2.15. The summed E-state index contributed by atoms with van der Waals surface area (Å²) >= 11 is 1.79. The van der Waals surface area contributed by atoms with E-state index in [4.69, 9.17) is 0 Å². The number of amides is 1. The van der Waals surface area contributed by atoms with Crippen LogP contribution in [-0.2, 0) is 11.2 Å². The second-order valence-corrected chi connectivity index (χ2v) is 8.47. The van der Waals surface area contributed by atoms with Crippen LogP contribution in [0.25, 0.3) is 0 Å². The van der Waals surface area contributed by atoms with Crippen LogP contribution >= 0.6 is 11.3 Å². The Hall–Kier alpha value is -2.68. The zero-order chi connectivity index (χ0) is 21.2. The molecule has 162 valence electrons. The molecule has 0 bridgehead atoms. The van der Waals surface area contributed by atoms with Crippen molar-refractivity contribution in [1.29, 1.82) is 0 Å². The van der Waals surface area contributed by atoms with Crippen LogP contribution in [0.3, 0.4) is 0 Å². The largest absolute Gasteiger partial charge is 0.356 e. The molecular weight excluding hydrogens is 398 g/mol. The van der Waals surface area contributed by atoms with Crippen LogP contribution < -0.4 is 15.5 Å². The zero-order valence-electron chi connectivity index (χ0n) is 17.8. The van der Waals surface area contributed by atoms with Crippen molar-refractivity contribution >= 4 is 29.2 Å². The number of nitrogens with zero attached hydrogens (tertiary/aromatic N) is 5. The van der Waals surface area contributed by atoms with E-state index in [9.17, 15) is 4.79 Å². The molecule has 30 heavy (non-hydrogen) atoms. The fourth-order valence-electron chi connectivity index (χ4n) is 3.39. The van der Waals surface area contributed by atoms with Gasteiger partial charge in [-0.05, 0) is 29.9 Å². The van der Waals surface area contributed by atoms with Gasteiger partial charge in [0.1, 0.15) is 0 Å². The standard InChI is InChI=1S/C21H31N7OS/c1-17(15-18-5-3-14-30-18)16-26-20(22-2)23-9-6-19(29)27-10-12-28(13-11-27)21-24-7-4-8-25-21/h3-5,7-8,14,17H,6,9-13,15-16H2,1-2H3,(H2,22,23,26). The minimum atomic E-state index is 0.164. The Balaban J connectivity index is 1.32. The van der Waals surface area contributed by atoms with Crippen LogP contribution in [0.5, 0.6) is 0 Å². The number of carbonyl (C=O) groups is 1. The highest BCUT2D eigenvalue weighted by Gasteiger charge is 2.22. The molecule has 3 rings (SSSR count). The summed E-state index contributed by atoms with van der Waals surface area (Å²) in [5.41, 5.74) is 0. The number of anilines is 1. The van der Waals surface area contributed by atoms with Crippen LogP contribution in [-0.4, -0.2) is 73.1 Å². The Bertz CT molecular complexity index is 789. The Morgan fingerprint density at radius 3 is 2.63 bits per heavy atom. The van der Waals surface area contributed by atoms with Gasteiger partial charge in [0, 0.05) is 70.0 Å². The fraction of sp³-hybridized carbons (Fsp3) is 0.524. The normalized spacial score (nSPS) is 15.7. The third-order valence-corrected chi connectivity index (χ3v) is 5.97. The third-order valence-electron chi connectivity index (χ3n) is 5.07. The predicted molar refractivity (Wildman–Crippen MR) is 122 cm³/mol. The van der Waals surface area contributed by atoms with Gasteiger partial charge in [-0.1, -0.05) is 13.0 Å². The van der Waals surface area contributed by atoms with Gasteiger partial charge in [-0.2, -0.15) is 0 Å². The number of carbonyl (C=O) groups excluding carboxylic acids is 1. The van der Waals surface area contributed by atoms with Crippen molar-refractivity contribution in [2.24, 2.45) is 10.9 Å². The summed E-state index contributed by atoms with van der Waals surface area (Å²) in [6, 6.07) is 6.07. The Morgan fingerprint density at radius 2 is 1.97 bits per heavy atom. The lowest BCUT2D eigenvalue weighted by Gasteiger charge is -2.34. The maximum atomic E-state index is 12.5. The summed E-state index contributed by atoms with van der Waals surface area (Å²) < 4.78 is 0. The molecule has 3 heterocycles. The zero-order valence-corrected chi connectivity index (χ0v) is 18.6. The molecule has 1 atom stereocenters. The maximum absolute atomic E-state index is 12.5. The Labute approximate surface area is 182 Å². The van der Waals surface area contributed by atoms with Gasteiger partial charge in [0.25, 0.3) is 0 Å². The van der Waals surface area contributed by atoms with E-state index in [1.54, 1.807) is 30.8 Å². The van der Waals surface area contributed by atoms with E-state index < -0.39 is 0 Å². The number of aromatic nitrogens is 2. The van der Waals surface area contributed by atoms with Crippen molar-refractivity contribution in [3.63, 3.8) is 0 Å². The second-order valence-electron chi connectivity index (χ2n) is 7.44. The van der Waals surface area contributed by atoms with Gasteiger partial charge in [-0.15, -0.1) is 11.3 Å². The fourth-order valence-corrected chi connectivity index (χ4v) is 4.26. The van der Waals surface area contributed by atoms with Crippen molar-refractivity contribution in [3.05, 3.63) is 40.8 Å². The number of hydrogen-bond donors (Lipinski definition) is 2. The first-order chi connectivity index (χ1) is 14.7. The molecule has 0 aromatic carbocycles. The van der Waals surface area contributed by atoms with Crippen LogP contribution in [0.15, 0.2) is 41.0 Å². The third kappa shape index (κ3) is 6.69. The van der Waals surface area contributed by atoms with E-state index in [2.05, 4.69) is 54.9 Å². The van der Waals surface area contributed by atoms with Gasteiger partial charge in [0.05, 0.1) is 0 Å². The monoisotopic (exact) mass is 429 g/mol. The van der Waals surface area contributed by atoms with E-state index in [0.29, 0.717) is 32.0 Å². The molecule has 0 radical (unpaired) electrons. The van der Waals surface area contributed by atoms with Crippen LogP contribution in [0.4, 0.5) is 5.95 Å². The van der Waals surface area contributed by atoms with Crippen molar-refractivity contribution in [2.45, 2.75) is 19.8 Å². The van der Waals surface area contributed by atoms with Gasteiger partial charge in [-0.3, -0.25) is 9.79 Å². The summed E-state index contributed by atoms with van der Waals surface area (Å²) in [6.45, 7) is 6.55. The predicted octanol–water partition coefficient (Wildman–Crippen LogP) is 1.62. The highest BCUT2D eigenvalue weighted by atomic mass is 32.1. The quantitative estimate of drug-likeness (QED) is 0.490.